The molecule has 0 spiro atoms. The third kappa shape index (κ3) is 3.89. The van der Waals surface area contributed by atoms with Crippen molar-refractivity contribution in [3.8, 4) is 0 Å². The van der Waals surface area contributed by atoms with Crippen molar-refractivity contribution in [3.05, 3.63) is 29.0 Å². The monoisotopic (exact) mass is 259 g/mol. The van der Waals surface area contributed by atoms with Crippen molar-refractivity contribution in [1.29, 1.82) is 0 Å². The molecule has 1 atom stereocenters. The van der Waals surface area contributed by atoms with Gasteiger partial charge in [0.15, 0.2) is 0 Å². The molecule has 5 heteroatoms. The van der Waals surface area contributed by atoms with Gasteiger partial charge in [0.25, 0.3) is 0 Å². The second-order valence-electron chi connectivity index (χ2n) is 3.48. The van der Waals surface area contributed by atoms with Gasteiger partial charge in [0.05, 0.1) is 17.3 Å². The van der Waals surface area contributed by atoms with E-state index in [2.05, 4.69) is 5.32 Å². The summed E-state index contributed by atoms with van der Waals surface area (Å²) in [4.78, 5) is 11.6. The normalized spacial score (nSPS) is 12.0. The van der Waals surface area contributed by atoms with Gasteiger partial charge in [-0.05, 0) is 31.5 Å². The minimum atomic E-state index is -0.519. The molecule has 94 valence electrons. The van der Waals surface area contributed by atoms with Crippen LogP contribution in [-0.2, 0) is 9.53 Å². The van der Waals surface area contributed by atoms with Gasteiger partial charge < -0.3 is 10.1 Å². The zero-order valence-corrected chi connectivity index (χ0v) is 10.6. The number of anilines is 1. The molecule has 0 aliphatic rings. The molecule has 1 N–H and O–H groups in total. The second-order valence-corrected chi connectivity index (χ2v) is 3.89. The molecule has 1 aromatic carbocycles. The van der Waals surface area contributed by atoms with Crippen LogP contribution in [0.2, 0.25) is 5.02 Å². The van der Waals surface area contributed by atoms with Gasteiger partial charge in [0, 0.05) is 0 Å². The van der Waals surface area contributed by atoms with Crippen LogP contribution in [0.15, 0.2) is 18.2 Å². The van der Waals surface area contributed by atoms with E-state index in [1.54, 1.807) is 6.92 Å². The van der Waals surface area contributed by atoms with Gasteiger partial charge in [-0.3, -0.25) is 0 Å². The van der Waals surface area contributed by atoms with Crippen LogP contribution in [-0.4, -0.2) is 18.6 Å². The molecule has 0 heterocycles. The number of benzene rings is 1. The van der Waals surface area contributed by atoms with Crippen molar-refractivity contribution >= 4 is 23.3 Å². The van der Waals surface area contributed by atoms with E-state index in [0.29, 0.717) is 23.7 Å². The third-order valence-corrected chi connectivity index (χ3v) is 2.57. The van der Waals surface area contributed by atoms with E-state index in [-0.39, 0.29) is 5.97 Å². The second kappa shape index (κ2) is 6.45. The van der Waals surface area contributed by atoms with Crippen LogP contribution < -0.4 is 5.32 Å². The Balaban J connectivity index is 2.80. The summed E-state index contributed by atoms with van der Waals surface area (Å²) >= 11 is 5.90. The Hall–Kier alpha value is -1.29. The maximum atomic E-state index is 13.0. The van der Waals surface area contributed by atoms with E-state index in [0.717, 1.165) is 0 Å². The highest BCUT2D eigenvalue weighted by Crippen LogP contribution is 2.23. The molecule has 0 amide bonds. The summed E-state index contributed by atoms with van der Waals surface area (Å²) in [5, 5.41) is 3.25. The lowest BCUT2D eigenvalue weighted by Crippen LogP contribution is -2.30. The van der Waals surface area contributed by atoms with Gasteiger partial charge in [0.2, 0.25) is 0 Å². The number of carbonyl (C=O) groups is 1. The zero-order valence-electron chi connectivity index (χ0n) is 9.80. The van der Waals surface area contributed by atoms with E-state index >= 15 is 0 Å². The van der Waals surface area contributed by atoms with E-state index in [1.165, 1.54) is 18.2 Å². The topological polar surface area (TPSA) is 38.3 Å². The molecule has 0 saturated carbocycles. The summed E-state index contributed by atoms with van der Waals surface area (Å²) in [5.41, 5.74) is 0.395. The van der Waals surface area contributed by atoms with Gasteiger partial charge in [-0.15, -0.1) is 0 Å². The Kier molecular flexibility index (Phi) is 5.22. The minimum Gasteiger partial charge on any atom is -0.464 e. The summed E-state index contributed by atoms with van der Waals surface area (Å²) < 4.78 is 17.9. The number of esters is 1. The number of rotatable bonds is 5. The Bertz CT molecular complexity index is 398. The van der Waals surface area contributed by atoms with Crippen LogP contribution in [0.3, 0.4) is 0 Å². The molecule has 1 rings (SSSR count). The van der Waals surface area contributed by atoms with E-state index in [4.69, 9.17) is 16.3 Å². The fourth-order valence-corrected chi connectivity index (χ4v) is 1.54. The average Bonchev–Trinajstić information content (AvgIpc) is 2.30. The van der Waals surface area contributed by atoms with Gasteiger partial charge in [-0.25, -0.2) is 9.18 Å². The van der Waals surface area contributed by atoms with Crippen molar-refractivity contribution in [2.24, 2.45) is 0 Å². The first-order valence-corrected chi connectivity index (χ1v) is 5.84. The lowest BCUT2D eigenvalue weighted by Gasteiger charge is -2.17. The van der Waals surface area contributed by atoms with Crippen molar-refractivity contribution in [2.75, 3.05) is 11.9 Å². The van der Waals surface area contributed by atoms with Crippen molar-refractivity contribution in [2.45, 2.75) is 26.3 Å². The number of halogens is 2. The first kappa shape index (κ1) is 13.8. The smallest absolute Gasteiger partial charge is 0.328 e. The molecule has 0 aliphatic carbocycles. The number of hydrogen-bond acceptors (Lipinski definition) is 3. The van der Waals surface area contributed by atoms with Gasteiger partial charge in [-0.1, -0.05) is 18.5 Å². The van der Waals surface area contributed by atoms with Crippen LogP contribution in [0.4, 0.5) is 10.1 Å². The zero-order chi connectivity index (χ0) is 12.8. The molecule has 0 fully saturated rings. The first-order chi connectivity index (χ1) is 8.08. The SMILES string of the molecule is CCOC(=O)C(CC)Nc1cc(F)ccc1Cl. The van der Waals surface area contributed by atoms with Crippen LogP contribution in [0.5, 0.6) is 0 Å². The van der Waals surface area contributed by atoms with Crippen molar-refractivity contribution in [1.82, 2.24) is 0 Å². The predicted molar refractivity (Wildman–Crippen MR) is 65.7 cm³/mol. The maximum Gasteiger partial charge on any atom is 0.328 e. The first-order valence-electron chi connectivity index (χ1n) is 5.46. The molecule has 0 bridgehead atoms. The third-order valence-electron chi connectivity index (χ3n) is 2.24. The Morgan fingerprint density at radius 3 is 2.82 bits per heavy atom. The number of carbonyl (C=O) groups excluding carboxylic acids is 1. The van der Waals surface area contributed by atoms with E-state index < -0.39 is 11.9 Å². The number of ether oxygens (including phenoxy) is 1. The fraction of sp³-hybridized carbons (Fsp3) is 0.417. The van der Waals surface area contributed by atoms with Crippen molar-refractivity contribution < 1.29 is 13.9 Å². The average molecular weight is 260 g/mol. The van der Waals surface area contributed by atoms with Gasteiger partial charge in [-0.2, -0.15) is 0 Å². The number of hydrogen-bond donors (Lipinski definition) is 1. The molecule has 17 heavy (non-hydrogen) atoms. The summed E-state index contributed by atoms with van der Waals surface area (Å²) in [6, 6.07) is 3.44. The maximum absolute atomic E-state index is 13.0. The molecule has 3 nitrogen and oxygen atoms in total. The van der Waals surface area contributed by atoms with Crippen LogP contribution in [0, 0.1) is 5.82 Å². The van der Waals surface area contributed by atoms with E-state index in [1.807, 2.05) is 6.92 Å². The lowest BCUT2D eigenvalue weighted by molar-refractivity contribution is -0.144. The standard InChI is InChI=1S/C12H15ClFNO2/c1-3-10(12(16)17-4-2)15-11-7-8(14)5-6-9(11)13/h5-7,10,15H,3-4H2,1-2H3. The Labute approximate surface area is 105 Å². The molecule has 0 saturated heterocycles. The largest absolute Gasteiger partial charge is 0.464 e. The van der Waals surface area contributed by atoms with Crippen LogP contribution in [0.25, 0.3) is 0 Å². The highest BCUT2D eigenvalue weighted by atomic mass is 35.5. The fourth-order valence-electron chi connectivity index (χ4n) is 1.37. The molecule has 0 aliphatic heterocycles. The summed E-state index contributed by atoms with van der Waals surface area (Å²) in [6.45, 7) is 3.88. The van der Waals surface area contributed by atoms with Gasteiger partial charge >= 0.3 is 5.97 Å². The summed E-state index contributed by atoms with van der Waals surface area (Å²) in [7, 11) is 0. The van der Waals surface area contributed by atoms with Crippen molar-refractivity contribution in [3.63, 3.8) is 0 Å². The molecular formula is C12H15ClFNO2. The lowest BCUT2D eigenvalue weighted by atomic mass is 10.2. The molecule has 0 aromatic heterocycles. The summed E-state index contributed by atoms with van der Waals surface area (Å²) in [6.07, 6.45) is 0.533. The highest BCUT2D eigenvalue weighted by Gasteiger charge is 2.18. The molecule has 1 unspecified atom stereocenters. The van der Waals surface area contributed by atoms with Crippen LogP contribution >= 0.6 is 11.6 Å². The summed E-state index contributed by atoms with van der Waals surface area (Å²) in [5.74, 6) is -0.772. The Morgan fingerprint density at radius 2 is 2.24 bits per heavy atom. The number of nitrogens with one attached hydrogen (secondary N) is 1. The Morgan fingerprint density at radius 1 is 1.53 bits per heavy atom. The highest BCUT2D eigenvalue weighted by molar-refractivity contribution is 6.33. The van der Waals surface area contributed by atoms with E-state index in [9.17, 15) is 9.18 Å². The molecule has 0 radical (unpaired) electrons. The van der Waals surface area contributed by atoms with Gasteiger partial charge in [0.1, 0.15) is 11.9 Å². The minimum absolute atomic E-state index is 0.313. The quantitative estimate of drug-likeness (QED) is 0.825. The predicted octanol–water partition coefficient (Wildman–Crippen LogP) is 3.23. The molecule has 1 aromatic rings. The van der Waals surface area contributed by atoms with Crippen LogP contribution in [0.1, 0.15) is 20.3 Å². The molecular weight excluding hydrogens is 245 g/mol.